The van der Waals surface area contributed by atoms with Gasteiger partial charge in [0.2, 0.25) is 0 Å². The Balaban J connectivity index is 1.99. The summed E-state index contributed by atoms with van der Waals surface area (Å²) >= 11 is 0. The molecule has 2 heteroatoms. The number of hydrogen-bond acceptors (Lipinski definition) is 2. The average molecular weight is 99.1 g/mol. The molecular formula is C5H9NO. The number of fused-ring (bicyclic) bond motifs is 2. The van der Waals surface area contributed by atoms with Gasteiger partial charge in [0.15, 0.2) is 0 Å². The Kier molecular flexibility index (Phi) is 0.664. The van der Waals surface area contributed by atoms with Crippen molar-refractivity contribution in [3.8, 4) is 0 Å². The molecule has 3 aliphatic rings. The van der Waals surface area contributed by atoms with Crippen LogP contribution in [-0.2, 0) is 4.84 Å². The smallest absolute Gasteiger partial charge is 0.0943 e. The van der Waals surface area contributed by atoms with Crippen LogP contribution in [-0.4, -0.2) is 24.3 Å². The van der Waals surface area contributed by atoms with Crippen LogP contribution in [0.3, 0.4) is 0 Å². The first kappa shape index (κ1) is 3.87. The van der Waals surface area contributed by atoms with Gasteiger partial charge >= 0.3 is 0 Å². The minimum atomic E-state index is 0.605. The summed E-state index contributed by atoms with van der Waals surface area (Å²) in [7, 11) is 0. The summed E-state index contributed by atoms with van der Waals surface area (Å²) in [6, 6.07) is 0. The Morgan fingerprint density at radius 1 is 1.57 bits per heavy atom. The Morgan fingerprint density at radius 2 is 2.43 bits per heavy atom. The van der Waals surface area contributed by atoms with Gasteiger partial charge in [0.05, 0.1) is 12.6 Å². The first-order chi connectivity index (χ1) is 3.45. The Bertz CT molecular complexity index is 64.6. The van der Waals surface area contributed by atoms with Crippen LogP contribution >= 0.6 is 0 Å². The van der Waals surface area contributed by atoms with Crippen molar-refractivity contribution in [1.82, 2.24) is 5.06 Å². The van der Waals surface area contributed by atoms with E-state index in [1.165, 1.54) is 19.4 Å². The molecule has 2 bridgehead atoms. The van der Waals surface area contributed by atoms with E-state index in [4.69, 9.17) is 4.84 Å². The lowest BCUT2D eigenvalue weighted by Crippen LogP contribution is -2.52. The number of hydrogen-bond donors (Lipinski definition) is 0. The first-order valence-electron chi connectivity index (χ1n) is 2.87. The third kappa shape index (κ3) is 0.469. The summed E-state index contributed by atoms with van der Waals surface area (Å²) in [5.41, 5.74) is 0. The molecule has 7 heavy (non-hydrogen) atoms. The molecular weight excluding hydrogens is 90.1 g/mol. The van der Waals surface area contributed by atoms with Gasteiger partial charge in [0.1, 0.15) is 0 Å². The van der Waals surface area contributed by atoms with Gasteiger partial charge in [-0.15, -0.1) is 0 Å². The molecule has 3 saturated heterocycles. The molecule has 0 aromatic heterocycles. The third-order valence-electron chi connectivity index (χ3n) is 1.64. The van der Waals surface area contributed by atoms with Crippen LogP contribution in [0.4, 0.5) is 0 Å². The van der Waals surface area contributed by atoms with Crippen LogP contribution in [0.1, 0.15) is 12.8 Å². The number of nitrogens with zero attached hydrogens (tertiary/aromatic N) is 1. The molecule has 0 N–H and O–H groups in total. The van der Waals surface area contributed by atoms with E-state index in [1.807, 2.05) is 5.06 Å². The second-order valence-electron chi connectivity index (χ2n) is 2.26. The van der Waals surface area contributed by atoms with E-state index in [2.05, 4.69) is 0 Å². The van der Waals surface area contributed by atoms with Crippen molar-refractivity contribution in [3.05, 3.63) is 0 Å². The van der Waals surface area contributed by atoms with Crippen molar-refractivity contribution in [3.63, 3.8) is 0 Å². The lowest BCUT2D eigenvalue weighted by Gasteiger charge is -2.43. The van der Waals surface area contributed by atoms with Crippen LogP contribution in [0.25, 0.3) is 0 Å². The zero-order valence-electron chi connectivity index (χ0n) is 4.26. The highest BCUT2D eigenvalue weighted by Gasteiger charge is 2.31. The molecule has 0 spiro atoms. The fourth-order valence-corrected chi connectivity index (χ4v) is 1.21. The van der Waals surface area contributed by atoms with Crippen molar-refractivity contribution in [2.24, 2.45) is 0 Å². The van der Waals surface area contributed by atoms with Gasteiger partial charge in [-0.05, 0) is 12.8 Å². The molecule has 0 amide bonds. The van der Waals surface area contributed by atoms with Gasteiger partial charge in [-0.25, -0.2) is 0 Å². The molecule has 2 atom stereocenters. The molecule has 2 unspecified atom stereocenters. The van der Waals surface area contributed by atoms with Crippen LogP contribution in [0, 0.1) is 0 Å². The van der Waals surface area contributed by atoms with E-state index in [-0.39, 0.29) is 0 Å². The lowest BCUT2D eigenvalue weighted by atomic mass is 10.1. The van der Waals surface area contributed by atoms with E-state index in [1.54, 1.807) is 0 Å². The highest BCUT2D eigenvalue weighted by atomic mass is 16.7. The second-order valence-corrected chi connectivity index (χ2v) is 2.26. The summed E-state index contributed by atoms with van der Waals surface area (Å²) in [5.74, 6) is 0. The topological polar surface area (TPSA) is 12.5 Å². The van der Waals surface area contributed by atoms with E-state index in [9.17, 15) is 0 Å². The largest absolute Gasteiger partial charge is 0.294 e. The molecule has 0 radical (unpaired) electrons. The fraction of sp³-hybridized carbons (Fsp3) is 1.00. The molecule has 0 saturated carbocycles. The molecule has 3 rings (SSSR count). The molecule has 3 heterocycles. The van der Waals surface area contributed by atoms with Gasteiger partial charge in [-0.2, -0.15) is 5.06 Å². The van der Waals surface area contributed by atoms with Gasteiger partial charge in [-0.3, -0.25) is 4.84 Å². The molecule has 2 nitrogen and oxygen atoms in total. The normalized spacial score (nSPS) is 48.0. The fourth-order valence-electron chi connectivity index (χ4n) is 1.21. The monoisotopic (exact) mass is 99.1 g/mol. The van der Waals surface area contributed by atoms with Gasteiger partial charge < -0.3 is 0 Å². The van der Waals surface area contributed by atoms with E-state index in [0.29, 0.717) is 6.10 Å². The Labute approximate surface area is 43.0 Å². The summed E-state index contributed by atoms with van der Waals surface area (Å²) in [5, 5.41) is 2.04. The average Bonchev–Trinajstić information content (AvgIpc) is 1.67. The van der Waals surface area contributed by atoms with E-state index < -0.39 is 0 Å². The Morgan fingerprint density at radius 3 is 2.57 bits per heavy atom. The molecule has 3 aliphatic heterocycles. The zero-order valence-corrected chi connectivity index (χ0v) is 4.26. The van der Waals surface area contributed by atoms with Crippen LogP contribution < -0.4 is 0 Å². The Hall–Kier alpha value is -0.0800. The number of piperidine rings is 1. The van der Waals surface area contributed by atoms with Gasteiger partial charge in [0.25, 0.3) is 0 Å². The maximum atomic E-state index is 5.21. The summed E-state index contributed by atoms with van der Waals surface area (Å²) in [6.07, 6.45) is 3.23. The predicted molar refractivity (Wildman–Crippen MR) is 25.7 cm³/mol. The van der Waals surface area contributed by atoms with Crippen molar-refractivity contribution in [1.29, 1.82) is 0 Å². The first-order valence-corrected chi connectivity index (χ1v) is 2.87. The van der Waals surface area contributed by atoms with Crippen molar-refractivity contribution in [2.45, 2.75) is 18.9 Å². The molecule has 40 valence electrons. The van der Waals surface area contributed by atoms with Crippen molar-refractivity contribution >= 4 is 0 Å². The summed E-state index contributed by atoms with van der Waals surface area (Å²) in [4.78, 5) is 5.21. The second kappa shape index (κ2) is 1.20. The highest BCUT2D eigenvalue weighted by molar-refractivity contribution is 4.75. The highest BCUT2D eigenvalue weighted by Crippen LogP contribution is 2.23. The van der Waals surface area contributed by atoms with Gasteiger partial charge in [0, 0.05) is 6.54 Å². The number of rotatable bonds is 0. The molecule has 0 aromatic rings. The predicted octanol–water partition coefficient (Wildman–Crippen LogP) is 0.396. The minimum Gasteiger partial charge on any atom is -0.294 e. The number of hydroxylamine groups is 2. The summed E-state index contributed by atoms with van der Waals surface area (Å²) in [6.45, 7) is 2.36. The zero-order chi connectivity index (χ0) is 4.69. The molecule has 0 aromatic carbocycles. The quantitative estimate of drug-likeness (QED) is 0.435. The minimum absolute atomic E-state index is 0.605. The SMILES string of the molecule is C1CC2CN(C1)O2. The summed E-state index contributed by atoms with van der Waals surface area (Å²) < 4.78 is 0. The lowest BCUT2D eigenvalue weighted by molar-refractivity contribution is -0.318. The third-order valence-corrected chi connectivity index (χ3v) is 1.64. The van der Waals surface area contributed by atoms with E-state index in [0.717, 1.165) is 6.54 Å². The van der Waals surface area contributed by atoms with E-state index >= 15 is 0 Å². The van der Waals surface area contributed by atoms with Crippen LogP contribution in [0.2, 0.25) is 0 Å². The molecule has 3 fully saturated rings. The van der Waals surface area contributed by atoms with Crippen molar-refractivity contribution in [2.75, 3.05) is 13.1 Å². The van der Waals surface area contributed by atoms with Crippen LogP contribution in [0.15, 0.2) is 0 Å². The molecule has 0 aliphatic carbocycles. The van der Waals surface area contributed by atoms with Crippen LogP contribution in [0.5, 0.6) is 0 Å². The maximum absolute atomic E-state index is 5.21. The maximum Gasteiger partial charge on any atom is 0.0943 e. The standard InChI is InChI=1S/C5H9NO/c1-2-5-4-6(3-1)7-5/h5H,1-4H2. The van der Waals surface area contributed by atoms with Gasteiger partial charge in [-0.1, -0.05) is 0 Å². The van der Waals surface area contributed by atoms with Crippen molar-refractivity contribution < 1.29 is 4.84 Å².